The van der Waals surface area contributed by atoms with Crippen molar-refractivity contribution in [2.24, 2.45) is 16.8 Å². The Balaban J connectivity index is 2.38. The maximum Gasteiger partial charge on any atom is 0.310 e. The standard InChI is InChI=1S/C15H29N3O3/c1-11(2)21-8-6-7-17-15(16-4)18-9-12(3)13(10-18)14(19)20-5/h11-13H,6-10H2,1-5H3,(H,16,17). The summed E-state index contributed by atoms with van der Waals surface area (Å²) in [5.74, 6) is 0.918. The van der Waals surface area contributed by atoms with E-state index in [0.717, 1.165) is 32.1 Å². The zero-order chi connectivity index (χ0) is 15.8. The van der Waals surface area contributed by atoms with Gasteiger partial charge < -0.3 is 19.7 Å². The fraction of sp³-hybridized carbons (Fsp3) is 0.867. The summed E-state index contributed by atoms with van der Waals surface area (Å²) in [6.45, 7) is 9.18. The minimum Gasteiger partial charge on any atom is -0.469 e. The molecule has 122 valence electrons. The molecule has 1 heterocycles. The van der Waals surface area contributed by atoms with Crippen molar-refractivity contribution in [3.05, 3.63) is 0 Å². The first kappa shape index (κ1) is 17.8. The van der Waals surface area contributed by atoms with E-state index < -0.39 is 0 Å². The SMILES string of the molecule is CN=C(NCCCOC(C)C)N1CC(C)C(C(=O)OC)C1. The third-order valence-corrected chi connectivity index (χ3v) is 3.68. The van der Waals surface area contributed by atoms with Gasteiger partial charge in [-0.2, -0.15) is 0 Å². The molecule has 1 rings (SSSR count). The van der Waals surface area contributed by atoms with Crippen LogP contribution in [0.5, 0.6) is 0 Å². The zero-order valence-corrected chi connectivity index (χ0v) is 13.9. The van der Waals surface area contributed by atoms with Gasteiger partial charge in [0.1, 0.15) is 0 Å². The lowest BCUT2D eigenvalue weighted by Crippen LogP contribution is -2.41. The molecule has 0 radical (unpaired) electrons. The zero-order valence-electron chi connectivity index (χ0n) is 13.9. The van der Waals surface area contributed by atoms with Gasteiger partial charge in [-0.3, -0.25) is 9.79 Å². The van der Waals surface area contributed by atoms with Crippen molar-refractivity contribution in [2.45, 2.75) is 33.3 Å². The molecule has 0 spiro atoms. The largest absolute Gasteiger partial charge is 0.469 e. The maximum atomic E-state index is 11.7. The number of hydrogen-bond acceptors (Lipinski definition) is 4. The molecule has 0 saturated carbocycles. The van der Waals surface area contributed by atoms with Crippen LogP contribution in [0, 0.1) is 11.8 Å². The van der Waals surface area contributed by atoms with Crippen molar-refractivity contribution in [1.82, 2.24) is 10.2 Å². The molecule has 6 heteroatoms. The van der Waals surface area contributed by atoms with E-state index in [4.69, 9.17) is 9.47 Å². The maximum absolute atomic E-state index is 11.7. The number of carbonyl (C=O) groups is 1. The van der Waals surface area contributed by atoms with Crippen LogP contribution in [0.25, 0.3) is 0 Å². The number of nitrogens with zero attached hydrogens (tertiary/aromatic N) is 2. The van der Waals surface area contributed by atoms with Crippen LogP contribution >= 0.6 is 0 Å². The Hall–Kier alpha value is -1.30. The van der Waals surface area contributed by atoms with Crippen LogP contribution in [-0.2, 0) is 14.3 Å². The van der Waals surface area contributed by atoms with E-state index >= 15 is 0 Å². The highest BCUT2D eigenvalue weighted by Gasteiger charge is 2.36. The van der Waals surface area contributed by atoms with Gasteiger partial charge in [-0.25, -0.2) is 0 Å². The average Bonchev–Trinajstić information content (AvgIpc) is 2.83. The number of ether oxygens (including phenoxy) is 2. The minimum atomic E-state index is -0.134. The van der Waals surface area contributed by atoms with Crippen LogP contribution in [0.3, 0.4) is 0 Å². The number of carbonyl (C=O) groups excluding carboxylic acids is 1. The van der Waals surface area contributed by atoms with E-state index in [-0.39, 0.29) is 23.9 Å². The lowest BCUT2D eigenvalue weighted by molar-refractivity contribution is -0.145. The molecule has 2 unspecified atom stereocenters. The molecule has 0 bridgehead atoms. The molecule has 0 amide bonds. The number of rotatable bonds is 6. The van der Waals surface area contributed by atoms with Crippen molar-refractivity contribution < 1.29 is 14.3 Å². The van der Waals surface area contributed by atoms with Gasteiger partial charge in [-0.05, 0) is 26.2 Å². The lowest BCUT2D eigenvalue weighted by atomic mass is 9.99. The Morgan fingerprint density at radius 2 is 2.14 bits per heavy atom. The average molecular weight is 299 g/mol. The molecule has 1 aliphatic heterocycles. The van der Waals surface area contributed by atoms with Crippen molar-refractivity contribution in [3.8, 4) is 0 Å². The topological polar surface area (TPSA) is 63.2 Å². The predicted molar refractivity (Wildman–Crippen MR) is 83.3 cm³/mol. The van der Waals surface area contributed by atoms with E-state index in [2.05, 4.69) is 22.1 Å². The van der Waals surface area contributed by atoms with Gasteiger partial charge >= 0.3 is 5.97 Å². The van der Waals surface area contributed by atoms with E-state index in [1.54, 1.807) is 7.05 Å². The third kappa shape index (κ3) is 5.53. The van der Waals surface area contributed by atoms with Gasteiger partial charge in [0.05, 0.1) is 19.1 Å². The molecule has 0 aromatic rings. The molecular weight excluding hydrogens is 270 g/mol. The van der Waals surface area contributed by atoms with Crippen molar-refractivity contribution in [2.75, 3.05) is 40.4 Å². The summed E-state index contributed by atoms with van der Waals surface area (Å²) in [6, 6.07) is 0. The number of guanidine groups is 1. The molecule has 1 fully saturated rings. The molecule has 1 N–H and O–H groups in total. The van der Waals surface area contributed by atoms with Crippen LogP contribution < -0.4 is 5.32 Å². The first-order chi connectivity index (χ1) is 9.99. The number of methoxy groups -OCH3 is 1. The third-order valence-electron chi connectivity index (χ3n) is 3.68. The van der Waals surface area contributed by atoms with Gasteiger partial charge in [0, 0.05) is 33.3 Å². The molecule has 6 nitrogen and oxygen atoms in total. The molecule has 0 aromatic carbocycles. The fourth-order valence-corrected chi connectivity index (χ4v) is 2.52. The van der Waals surface area contributed by atoms with Crippen LogP contribution in [0.4, 0.5) is 0 Å². The number of likely N-dealkylation sites (tertiary alicyclic amines) is 1. The number of aliphatic imine (C=N–C) groups is 1. The highest BCUT2D eigenvalue weighted by molar-refractivity contribution is 5.82. The Morgan fingerprint density at radius 1 is 1.43 bits per heavy atom. The first-order valence-corrected chi connectivity index (χ1v) is 7.64. The van der Waals surface area contributed by atoms with Crippen LogP contribution in [0.2, 0.25) is 0 Å². The van der Waals surface area contributed by atoms with Crippen LogP contribution in [0.1, 0.15) is 27.2 Å². The highest BCUT2D eigenvalue weighted by atomic mass is 16.5. The number of esters is 1. The second kappa shape index (κ2) is 8.87. The fourth-order valence-electron chi connectivity index (χ4n) is 2.52. The summed E-state index contributed by atoms with van der Waals surface area (Å²) >= 11 is 0. The van der Waals surface area contributed by atoms with E-state index in [9.17, 15) is 4.79 Å². The number of hydrogen-bond donors (Lipinski definition) is 1. The normalized spacial score (nSPS) is 22.8. The van der Waals surface area contributed by atoms with E-state index in [0.29, 0.717) is 6.54 Å². The summed E-state index contributed by atoms with van der Waals surface area (Å²) in [6.07, 6.45) is 1.20. The van der Waals surface area contributed by atoms with E-state index in [1.165, 1.54) is 7.11 Å². The Kier molecular flexibility index (Phi) is 7.50. The van der Waals surface area contributed by atoms with E-state index in [1.807, 2.05) is 13.8 Å². The van der Waals surface area contributed by atoms with Gasteiger partial charge in [0.15, 0.2) is 5.96 Å². The summed E-state index contributed by atoms with van der Waals surface area (Å²) in [4.78, 5) is 18.1. The first-order valence-electron chi connectivity index (χ1n) is 7.64. The highest BCUT2D eigenvalue weighted by Crippen LogP contribution is 2.23. The summed E-state index contributed by atoms with van der Waals surface area (Å²) in [7, 11) is 3.21. The van der Waals surface area contributed by atoms with Crippen LogP contribution in [0.15, 0.2) is 4.99 Å². The summed E-state index contributed by atoms with van der Waals surface area (Å²) in [5.41, 5.74) is 0. The van der Waals surface area contributed by atoms with Crippen LogP contribution in [-0.4, -0.2) is 63.3 Å². The summed E-state index contributed by atoms with van der Waals surface area (Å²) in [5, 5.41) is 3.33. The smallest absolute Gasteiger partial charge is 0.310 e. The summed E-state index contributed by atoms with van der Waals surface area (Å²) < 4.78 is 10.4. The number of nitrogens with one attached hydrogen (secondary N) is 1. The monoisotopic (exact) mass is 299 g/mol. The van der Waals surface area contributed by atoms with Crippen molar-refractivity contribution >= 4 is 11.9 Å². The Bertz CT molecular complexity index is 358. The quantitative estimate of drug-likeness (QED) is 0.345. The lowest BCUT2D eigenvalue weighted by Gasteiger charge is -2.21. The Morgan fingerprint density at radius 3 is 2.71 bits per heavy atom. The van der Waals surface area contributed by atoms with Crippen molar-refractivity contribution in [3.63, 3.8) is 0 Å². The predicted octanol–water partition coefficient (Wildman–Crippen LogP) is 1.12. The second-order valence-corrected chi connectivity index (χ2v) is 5.76. The molecule has 2 atom stereocenters. The van der Waals surface area contributed by atoms with Crippen molar-refractivity contribution in [1.29, 1.82) is 0 Å². The second-order valence-electron chi connectivity index (χ2n) is 5.76. The van der Waals surface area contributed by atoms with Gasteiger partial charge in [0.2, 0.25) is 0 Å². The Labute approximate surface area is 127 Å². The molecule has 0 aliphatic carbocycles. The molecule has 1 saturated heterocycles. The molecule has 0 aromatic heterocycles. The minimum absolute atomic E-state index is 0.0715. The van der Waals surface area contributed by atoms with Gasteiger partial charge in [-0.1, -0.05) is 6.92 Å². The molecule has 21 heavy (non-hydrogen) atoms. The van der Waals surface area contributed by atoms with Gasteiger partial charge in [-0.15, -0.1) is 0 Å². The molecular formula is C15H29N3O3. The van der Waals surface area contributed by atoms with Gasteiger partial charge in [0.25, 0.3) is 0 Å². The molecule has 1 aliphatic rings.